The molecule has 0 aliphatic heterocycles. The van der Waals surface area contributed by atoms with Gasteiger partial charge in [-0.15, -0.1) is 0 Å². The zero-order valence-electron chi connectivity index (χ0n) is 14.4. The lowest BCUT2D eigenvalue weighted by molar-refractivity contribution is 0.102. The Bertz CT molecular complexity index is 733. The summed E-state index contributed by atoms with van der Waals surface area (Å²) in [4.78, 5) is 23.1. The van der Waals surface area contributed by atoms with Crippen LogP contribution in [0.1, 0.15) is 21.7 Å². The van der Waals surface area contributed by atoms with Crippen molar-refractivity contribution in [3.05, 3.63) is 45.7 Å². The normalized spacial score (nSPS) is 10.8. The average molecular weight is 392 g/mol. The Morgan fingerprint density at radius 3 is 2.62 bits per heavy atom. The molecule has 0 saturated carbocycles. The van der Waals surface area contributed by atoms with Gasteiger partial charge in [0.25, 0.3) is 5.91 Å². The molecule has 128 valence electrons. The summed E-state index contributed by atoms with van der Waals surface area (Å²) in [5.74, 6) is 0.207. The minimum atomic E-state index is -0.257. The maximum atomic E-state index is 12.4. The van der Waals surface area contributed by atoms with E-state index in [9.17, 15) is 4.79 Å². The van der Waals surface area contributed by atoms with E-state index in [4.69, 9.17) is 0 Å². The molecule has 2 N–H and O–H groups in total. The van der Waals surface area contributed by atoms with Crippen LogP contribution in [0.4, 0.5) is 11.6 Å². The first-order chi connectivity index (χ1) is 11.3. The number of hydrogen-bond donors (Lipinski definition) is 2. The fourth-order valence-electron chi connectivity index (χ4n) is 2.02. The van der Waals surface area contributed by atoms with Gasteiger partial charge in [-0.25, -0.2) is 9.97 Å². The van der Waals surface area contributed by atoms with E-state index < -0.39 is 0 Å². The molecule has 2 aromatic rings. The van der Waals surface area contributed by atoms with Crippen molar-refractivity contribution in [1.29, 1.82) is 0 Å². The Labute approximate surface area is 150 Å². The van der Waals surface area contributed by atoms with Crippen LogP contribution in [-0.4, -0.2) is 48.0 Å². The molecule has 0 aliphatic rings. The summed E-state index contributed by atoms with van der Waals surface area (Å²) < 4.78 is 0.949. The van der Waals surface area contributed by atoms with E-state index in [1.54, 1.807) is 6.07 Å². The molecule has 1 aromatic carbocycles. The first kappa shape index (κ1) is 18.4. The number of hydrogen-bond acceptors (Lipinski definition) is 5. The average Bonchev–Trinajstić information content (AvgIpc) is 2.50. The summed E-state index contributed by atoms with van der Waals surface area (Å²) in [5.41, 5.74) is 2.91. The second-order valence-electron chi connectivity index (χ2n) is 5.87. The van der Waals surface area contributed by atoms with Gasteiger partial charge < -0.3 is 15.5 Å². The molecule has 24 heavy (non-hydrogen) atoms. The summed E-state index contributed by atoms with van der Waals surface area (Å²) in [5, 5.41) is 6.00. The monoisotopic (exact) mass is 391 g/mol. The number of carbonyl (C=O) groups is 1. The van der Waals surface area contributed by atoms with Gasteiger partial charge in [-0.2, -0.15) is 0 Å². The summed E-state index contributed by atoms with van der Waals surface area (Å²) >= 11 is 3.46. The number of benzene rings is 1. The molecular formula is C17H22BrN5O. The lowest BCUT2D eigenvalue weighted by atomic mass is 10.2. The minimum Gasteiger partial charge on any atom is -0.353 e. The van der Waals surface area contributed by atoms with Crippen molar-refractivity contribution < 1.29 is 4.79 Å². The van der Waals surface area contributed by atoms with Gasteiger partial charge in [0.05, 0.1) is 0 Å². The summed E-state index contributed by atoms with van der Waals surface area (Å²) in [6, 6.07) is 7.36. The highest BCUT2D eigenvalue weighted by atomic mass is 79.9. The molecule has 1 amide bonds. The van der Waals surface area contributed by atoms with E-state index in [0.29, 0.717) is 18.2 Å². The van der Waals surface area contributed by atoms with Crippen LogP contribution in [0.15, 0.2) is 28.7 Å². The zero-order valence-corrected chi connectivity index (χ0v) is 15.9. The summed E-state index contributed by atoms with van der Waals surface area (Å²) in [6.45, 7) is 5.41. The molecule has 0 saturated heterocycles. The standard InChI is InChI=1S/C17H22BrN5O/c1-11-5-6-13(10-14(11)18)21-16(24)15-9-12(2)20-17(22-15)19-7-8-23(3)4/h5-6,9-10H,7-8H2,1-4H3,(H,21,24)(H,19,20,22). The second kappa shape index (κ2) is 8.21. The lowest BCUT2D eigenvalue weighted by Crippen LogP contribution is -2.22. The van der Waals surface area contributed by atoms with Gasteiger partial charge in [0, 0.05) is 28.9 Å². The van der Waals surface area contributed by atoms with E-state index in [2.05, 4.69) is 41.4 Å². The highest BCUT2D eigenvalue weighted by Crippen LogP contribution is 2.21. The third-order valence-electron chi connectivity index (χ3n) is 3.36. The molecule has 7 heteroatoms. The van der Waals surface area contributed by atoms with E-state index in [-0.39, 0.29) is 5.91 Å². The van der Waals surface area contributed by atoms with Crippen molar-refractivity contribution >= 4 is 33.5 Å². The quantitative estimate of drug-likeness (QED) is 0.791. The van der Waals surface area contributed by atoms with Gasteiger partial charge in [0.2, 0.25) is 5.95 Å². The summed E-state index contributed by atoms with van der Waals surface area (Å²) in [7, 11) is 3.99. The molecular weight excluding hydrogens is 370 g/mol. The second-order valence-corrected chi connectivity index (χ2v) is 6.72. The van der Waals surface area contributed by atoms with Crippen LogP contribution in [0.5, 0.6) is 0 Å². The molecule has 0 aliphatic carbocycles. The molecule has 0 fully saturated rings. The molecule has 1 heterocycles. The fraction of sp³-hybridized carbons (Fsp3) is 0.353. The molecule has 0 bridgehead atoms. The van der Waals surface area contributed by atoms with Crippen molar-refractivity contribution in [2.24, 2.45) is 0 Å². The Morgan fingerprint density at radius 2 is 1.96 bits per heavy atom. The Hall–Kier alpha value is -1.99. The Morgan fingerprint density at radius 1 is 1.21 bits per heavy atom. The van der Waals surface area contributed by atoms with Crippen molar-refractivity contribution in [3.8, 4) is 0 Å². The molecule has 0 unspecified atom stereocenters. The van der Waals surface area contributed by atoms with Gasteiger partial charge in [0.1, 0.15) is 5.69 Å². The Kier molecular flexibility index (Phi) is 6.28. The third kappa shape index (κ3) is 5.28. The first-order valence-electron chi connectivity index (χ1n) is 7.67. The molecule has 0 radical (unpaired) electrons. The van der Waals surface area contributed by atoms with Gasteiger partial charge in [-0.05, 0) is 51.7 Å². The molecule has 6 nitrogen and oxygen atoms in total. The van der Waals surface area contributed by atoms with E-state index in [0.717, 1.165) is 28.0 Å². The predicted molar refractivity (Wildman–Crippen MR) is 101 cm³/mol. The van der Waals surface area contributed by atoms with E-state index in [1.807, 2.05) is 46.1 Å². The van der Waals surface area contributed by atoms with Gasteiger partial charge in [-0.3, -0.25) is 4.79 Å². The maximum absolute atomic E-state index is 12.4. The predicted octanol–water partition coefficient (Wildman–Crippen LogP) is 3.08. The largest absolute Gasteiger partial charge is 0.353 e. The van der Waals surface area contributed by atoms with Crippen LogP contribution in [-0.2, 0) is 0 Å². The topological polar surface area (TPSA) is 70.2 Å². The van der Waals surface area contributed by atoms with Crippen molar-refractivity contribution in [1.82, 2.24) is 14.9 Å². The van der Waals surface area contributed by atoms with Crippen LogP contribution >= 0.6 is 15.9 Å². The number of rotatable bonds is 6. The van der Waals surface area contributed by atoms with E-state index in [1.165, 1.54) is 0 Å². The number of aromatic nitrogens is 2. The molecule has 1 aromatic heterocycles. The van der Waals surface area contributed by atoms with Crippen LogP contribution < -0.4 is 10.6 Å². The van der Waals surface area contributed by atoms with Crippen LogP contribution in [0.2, 0.25) is 0 Å². The van der Waals surface area contributed by atoms with Crippen molar-refractivity contribution in [2.45, 2.75) is 13.8 Å². The zero-order chi connectivity index (χ0) is 17.7. The SMILES string of the molecule is Cc1cc(C(=O)Nc2ccc(C)c(Br)c2)nc(NCCN(C)C)n1. The Balaban J connectivity index is 2.10. The number of amides is 1. The van der Waals surface area contributed by atoms with Crippen LogP contribution in [0.25, 0.3) is 0 Å². The fourth-order valence-corrected chi connectivity index (χ4v) is 2.40. The molecule has 0 spiro atoms. The first-order valence-corrected chi connectivity index (χ1v) is 8.46. The molecule has 2 rings (SSSR count). The number of nitrogens with one attached hydrogen (secondary N) is 2. The van der Waals surface area contributed by atoms with Crippen molar-refractivity contribution in [2.75, 3.05) is 37.8 Å². The minimum absolute atomic E-state index is 0.257. The highest BCUT2D eigenvalue weighted by Gasteiger charge is 2.11. The number of carbonyl (C=O) groups excluding carboxylic acids is 1. The lowest BCUT2D eigenvalue weighted by Gasteiger charge is -2.12. The van der Waals surface area contributed by atoms with Crippen LogP contribution in [0, 0.1) is 13.8 Å². The van der Waals surface area contributed by atoms with Gasteiger partial charge in [-0.1, -0.05) is 22.0 Å². The number of halogens is 1. The van der Waals surface area contributed by atoms with Gasteiger partial charge in [0.15, 0.2) is 0 Å². The number of aryl methyl sites for hydroxylation is 2. The highest BCUT2D eigenvalue weighted by molar-refractivity contribution is 9.10. The summed E-state index contributed by atoms with van der Waals surface area (Å²) in [6.07, 6.45) is 0. The van der Waals surface area contributed by atoms with Gasteiger partial charge >= 0.3 is 0 Å². The smallest absolute Gasteiger partial charge is 0.274 e. The van der Waals surface area contributed by atoms with Crippen LogP contribution in [0.3, 0.4) is 0 Å². The van der Waals surface area contributed by atoms with Crippen molar-refractivity contribution in [3.63, 3.8) is 0 Å². The number of anilines is 2. The third-order valence-corrected chi connectivity index (χ3v) is 4.21. The molecule has 0 atom stereocenters. The maximum Gasteiger partial charge on any atom is 0.274 e. The number of likely N-dealkylation sites (N-methyl/N-ethyl adjacent to an activating group) is 1. The number of nitrogens with zero attached hydrogens (tertiary/aromatic N) is 3. The van der Waals surface area contributed by atoms with E-state index >= 15 is 0 Å².